The molecule has 0 bridgehead atoms. The molecule has 2 aromatic carbocycles. The molecule has 0 spiro atoms. The van der Waals surface area contributed by atoms with Gasteiger partial charge < -0.3 is 10.2 Å². The first-order valence-electron chi connectivity index (χ1n) is 13.5. The number of carboxylic acid groups (broad SMARTS) is 1. The van der Waals surface area contributed by atoms with Crippen LogP contribution in [0.2, 0.25) is 9.36 Å². The number of thioether (sulfide) groups is 1. The topological polar surface area (TPSA) is 70.4 Å². The quantitative estimate of drug-likeness (QED) is 0.173. The zero-order valence-corrected chi connectivity index (χ0v) is 26.1. The van der Waals surface area contributed by atoms with Crippen molar-refractivity contribution in [2.45, 2.75) is 56.8 Å². The second-order valence-corrected chi connectivity index (χ2v) is 14.5. The summed E-state index contributed by atoms with van der Waals surface area (Å²) in [4.78, 5) is 16.1. The van der Waals surface area contributed by atoms with Gasteiger partial charge in [0.2, 0.25) is 0 Å². The Morgan fingerprint density at radius 1 is 1.12 bits per heavy atom. The standard InChI is InChI=1S/C33H31Cl2NO3S2/c1-32(2,39)25-9-4-3-7-22(25)11-14-26(40-20-33(16-17-33)19-28(37)38)23-8-5-6-21(18-23)10-12-24-13-15-27-30(36-24)29(34)31(35)41-27/h3-9,13,15,18,26,39H,11,14,16-17,19-20H2,1-2H3,(H,37,38)/t26-/m1/s1. The highest BCUT2D eigenvalue weighted by molar-refractivity contribution is 7.99. The van der Waals surface area contributed by atoms with Crippen LogP contribution in [0.1, 0.15) is 72.7 Å². The Morgan fingerprint density at radius 3 is 2.63 bits per heavy atom. The Labute approximate surface area is 259 Å². The van der Waals surface area contributed by atoms with Crippen molar-refractivity contribution in [1.82, 2.24) is 4.98 Å². The van der Waals surface area contributed by atoms with Crippen molar-refractivity contribution >= 4 is 62.5 Å². The molecule has 1 aliphatic rings. The normalized spacial score (nSPS) is 14.9. The molecule has 0 unspecified atom stereocenters. The van der Waals surface area contributed by atoms with E-state index in [1.54, 1.807) is 0 Å². The van der Waals surface area contributed by atoms with Crippen LogP contribution in [0.15, 0.2) is 60.7 Å². The number of halogens is 2. The molecule has 1 aliphatic carbocycles. The third-order valence-corrected chi connectivity index (χ3v) is 11.1. The lowest BCUT2D eigenvalue weighted by Gasteiger charge is -2.24. The molecule has 4 aromatic rings. The van der Waals surface area contributed by atoms with Crippen molar-refractivity contribution in [3.05, 3.63) is 98.0 Å². The Balaban J connectivity index is 1.39. The van der Waals surface area contributed by atoms with Gasteiger partial charge in [-0.25, -0.2) is 4.98 Å². The Hall–Kier alpha value is -2.53. The predicted molar refractivity (Wildman–Crippen MR) is 171 cm³/mol. The van der Waals surface area contributed by atoms with Crippen molar-refractivity contribution in [2.75, 3.05) is 5.75 Å². The number of aryl methyl sites for hydroxylation is 1. The number of pyridine rings is 1. The number of benzene rings is 2. The molecule has 2 N–H and O–H groups in total. The summed E-state index contributed by atoms with van der Waals surface area (Å²) in [6, 6.07) is 20.1. The van der Waals surface area contributed by atoms with E-state index in [0.29, 0.717) is 20.6 Å². The van der Waals surface area contributed by atoms with Gasteiger partial charge in [-0.1, -0.05) is 65.5 Å². The van der Waals surface area contributed by atoms with Crippen LogP contribution in [0.3, 0.4) is 0 Å². The first-order chi connectivity index (χ1) is 19.5. The highest BCUT2D eigenvalue weighted by Crippen LogP contribution is 2.53. The van der Waals surface area contributed by atoms with Crippen LogP contribution in [0, 0.1) is 17.3 Å². The second kappa shape index (κ2) is 12.4. The van der Waals surface area contributed by atoms with Crippen LogP contribution >= 0.6 is 46.3 Å². The Kier molecular flexibility index (Phi) is 9.04. The average molecular weight is 625 g/mol. The van der Waals surface area contributed by atoms with Gasteiger partial charge in [-0.15, -0.1) is 11.3 Å². The van der Waals surface area contributed by atoms with E-state index in [9.17, 15) is 15.0 Å². The van der Waals surface area contributed by atoms with E-state index in [1.165, 1.54) is 11.3 Å². The van der Waals surface area contributed by atoms with E-state index in [-0.39, 0.29) is 17.1 Å². The summed E-state index contributed by atoms with van der Waals surface area (Å²) in [7, 11) is 0. The maximum absolute atomic E-state index is 11.5. The van der Waals surface area contributed by atoms with E-state index < -0.39 is 11.6 Å². The van der Waals surface area contributed by atoms with Crippen molar-refractivity contribution in [3.8, 4) is 11.8 Å². The van der Waals surface area contributed by atoms with E-state index in [4.69, 9.17) is 23.2 Å². The molecule has 5 rings (SSSR count). The van der Waals surface area contributed by atoms with Gasteiger partial charge in [-0.3, -0.25) is 4.79 Å². The molecule has 212 valence electrons. The fourth-order valence-electron chi connectivity index (χ4n) is 5.06. The summed E-state index contributed by atoms with van der Waals surface area (Å²) in [6.45, 7) is 3.63. The summed E-state index contributed by atoms with van der Waals surface area (Å²) in [6.07, 6.45) is 3.79. The summed E-state index contributed by atoms with van der Waals surface area (Å²) >= 11 is 15.7. The van der Waals surface area contributed by atoms with E-state index in [0.717, 1.165) is 58.4 Å². The summed E-state index contributed by atoms with van der Waals surface area (Å²) in [5, 5.41) is 20.8. The summed E-state index contributed by atoms with van der Waals surface area (Å²) in [5.41, 5.74) is 4.36. The number of hydrogen-bond acceptors (Lipinski definition) is 5. The zero-order chi connectivity index (χ0) is 29.2. The minimum absolute atomic E-state index is 0.104. The lowest BCUT2D eigenvalue weighted by molar-refractivity contribution is -0.138. The van der Waals surface area contributed by atoms with Gasteiger partial charge in [0.05, 0.1) is 21.7 Å². The summed E-state index contributed by atoms with van der Waals surface area (Å²) < 4.78 is 1.45. The van der Waals surface area contributed by atoms with Crippen LogP contribution in [0.4, 0.5) is 0 Å². The lowest BCUT2D eigenvalue weighted by Crippen LogP contribution is -2.18. The number of aromatic nitrogens is 1. The minimum Gasteiger partial charge on any atom is -0.481 e. The Bertz CT molecular complexity index is 1640. The number of nitrogens with zero attached hydrogens (tertiary/aromatic N) is 1. The van der Waals surface area contributed by atoms with Gasteiger partial charge in [0.15, 0.2) is 0 Å². The molecule has 0 aliphatic heterocycles. The number of thiophene rings is 1. The number of fused-ring (bicyclic) bond motifs is 1. The van der Waals surface area contributed by atoms with Crippen molar-refractivity contribution < 1.29 is 15.0 Å². The van der Waals surface area contributed by atoms with Crippen molar-refractivity contribution in [1.29, 1.82) is 0 Å². The number of rotatable bonds is 10. The van der Waals surface area contributed by atoms with Crippen molar-refractivity contribution in [2.24, 2.45) is 5.41 Å². The van der Waals surface area contributed by atoms with Gasteiger partial charge in [0, 0.05) is 16.6 Å². The molecule has 0 amide bonds. The average Bonchev–Trinajstić information content (AvgIpc) is 3.63. The molecular weight excluding hydrogens is 593 g/mol. The predicted octanol–water partition coefficient (Wildman–Crippen LogP) is 8.89. The van der Waals surface area contributed by atoms with Crippen LogP contribution in [0.25, 0.3) is 10.2 Å². The lowest BCUT2D eigenvalue weighted by atomic mass is 9.90. The SMILES string of the molecule is CC(C)(O)c1ccccc1CC[C@@H](SCC1(CC(=O)O)CC1)c1cccc(C#Cc2ccc3sc(Cl)c(Cl)c3n2)c1. The molecule has 8 heteroatoms. The van der Waals surface area contributed by atoms with Crippen LogP contribution in [-0.4, -0.2) is 26.9 Å². The van der Waals surface area contributed by atoms with Gasteiger partial charge in [0.1, 0.15) is 15.5 Å². The highest BCUT2D eigenvalue weighted by Gasteiger charge is 2.44. The first-order valence-corrected chi connectivity index (χ1v) is 16.2. The van der Waals surface area contributed by atoms with E-state index in [1.807, 2.05) is 68.1 Å². The monoisotopic (exact) mass is 623 g/mol. The van der Waals surface area contributed by atoms with Crippen LogP contribution in [0.5, 0.6) is 0 Å². The number of hydrogen-bond donors (Lipinski definition) is 2. The van der Waals surface area contributed by atoms with E-state index >= 15 is 0 Å². The first kappa shape index (κ1) is 29.9. The number of carbonyl (C=O) groups is 1. The number of carboxylic acids is 1. The largest absolute Gasteiger partial charge is 0.481 e. The Morgan fingerprint density at radius 2 is 1.90 bits per heavy atom. The molecule has 2 heterocycles. The third kappa shape index (κ3) is 7.46. The second-order valence-electron chi connectivity index (χ2n) is 11.2. The molecule has 2 aromatic heterocycles. The fourth-order valence-corrected chi connectivity index (χ4v) is 8.04. The fraction of sp³-hybridized carbons (Fsp3) is 0.333. The molecule has 0 radical (unpaired) electrons. The minimum atomic E-state index is -0.927. The molecule has 41 heavy (non-hydrogen) atoms. The number of aliphatic carboxylic acids is 1. The molecular formula is C33H31Cl2NO3S2. The van der Waals surface area contributed by atoms with Gasteiger partial charge in [0.25, 0.3) is 0 Å². The maximum Gasteiger partial charge on any atom is 0.303 e. The molecule has 0 saturated heterocycles. The molecule has 1 fully saturated rings. The van der Waals surface area contributed by atoms with Gasteiger partial charge in [-0.05, 0) is 91.8 Å². The third-order valence-electron chi connectivity index (χ3n) is 7.46. The smallest absolute Gasteiger partial charge is 0.303 e. The van der Waals surface area contributed by atoms with Gasteiger partial charge >= 0.3 is 5.97 Å². The van der Waals surface area contributed by atoms with E-state index in [2.05, 4.69) is 35.0 Å². The molecule has 1 atom stereocenters. The van der Waals surface area contributed by atoms with Crippen LogP contribution in [-0.2, 0) is 16.8 Å². The maximum atomic E-state index is 11.5. The van der Waals surface area contributed by atoms with Crippen LogP contribution < -0.4 is 0 Å². The number of aliphatic hydroxyl groups is 1. The van der Waals surface area contributed by atoms with Gasteiger partial charge in [-0.2, -0.15) is 11.8 Å². The molecule has 1 saturated carbocycles. The summed E-state index contributed by atoms with van der Waals surface area (Å²) in [5.74, 6) is 6.50. The zero-order valence-electron chi connectivity index (χ0n) is 22.9. The molecule has 4 nitrogen and oxygen atoms in total. The van der Waals surface area contributed by atoms with Crippen molar-refractivity contribution in [3.63, 3.8) is 0 Å². The highest BCUT2D eigenvalue weighted by atomic mass is 35.5.